The Labute approximate surface area is 179 Å². The van der Waals surface area contributed by atoms with Gasteiger partial charge >= 0.3 is 0 Å². The molecule has 0 fully saturated rings. The number of aliphatic hydroxyl groups is 1. The first-order chi connectivity index (χ1) is 12.9. The summed E-state index contributed by atoms with van der Waals surface area (Å²) in [5, 5.41) is 8.92. The van der Waals surface area contributed by atoms with E-state index in [0.717, 1.165) is 6.54 Å². The lowest BCUT2D eigenvalue weighted by atomic mass is 10.0. The Kier molecular flexibility index (Phi) is 20.1. The highest BCUT2D eigenvalue weighted by Gasteiger charge is 2.02. The van der Waals surface area contributed by atoms with Crippen LogP contribution in [0.4, 0.5) is 0 Å². The molecule has 1 heterocycles. The number of rotatable bonds is 19. The first kappa shape index (κ1) is 26.6. The predicted molar refractivity (Wildman–Crippen MR) is 111 cm³/mol. The van der Waals surface area contributed by atoms with Crippen molar-refractivity contribution >= 4 is 0 Å². The predicted octanol–water partition coefficient (Wildman–Crippen LogP) is 3.03. The van der Waals surface area contributed by atoms with E-state index in [1.54, 1.807) is 0 Å². The van der Waals surface area contributed by atoms with E-state index in [0.29, 0.717) is 6.54 Å². The maximum Gasteiger partial charge on any atom is 0.243 e. The molecule has 3 nitrogen and oxygen atoms in total. The lowest BCUT2D eigenvalue weighted by molar-refractivity contribution is -0.696. The molecule has 0 aliphatic carbocycles. The average molecular weight is 446 g/mol. The highest BCUT2D eigenvalue weighted by molar-refractivity contribution is 4.65. The molecule has 0 unspecified atom stereocenters. The molecule has 0 amide bonds. The number of unbranched alkanes of at least 4 members (excludes halogenated alkanes) is 15. The average Bonchev–Trinajstić information content (AvgIpc) is 3.09. The molecule has 0 spiro atoms. The van der Waals surface area contributed by atoms with Gasteiger partial charge in [-0.15, -0.1) is 0 Å². The van der Waals surface area contributed by atoms with Gasteiger partial charge in [0.1, 0.15) is 18.9 Å². The van der Waals surface area contributed by atoms with Crippen molar-refractivity contribution in [3.8, 4) is 0 Å². The summed E-state index contributed by atoms with van der Waals surface area (Å²) in [5.41, 5.74) is 0. The van der Waals surface area contributed by atoms with Crippen LogP contribution < -0.4 is 21.5 Å². The van der Waals surface area contributed by atoms with Crippen LogP contribution in [-0.2, 0) is 13.1 Å². The molecule has 27 heavy (non-hydrogen) atoms. The molecule has 0 saturated carbocycles. The summed E-state index contributed by atoms with van der Waals surface area (Å²) < 4.78 is 4.28. The molecule has 0 bridgehead atoms. The molecule has 1 aromatic rings. The third-order valence-corrected chi connectivity index (χ3v) is 5.37. The standard InChI is InChI=1S/C23H45N2O.BrH/c1-2-3-4-5-6-7-8-9-10-11-12-13-14-15-16-17-18-24-19-20-25(23-24)21-22-26;/h19-20,23,26H,2-18,21-22H2,1H3;1H/q+1;/p-1. The van der Waals surface area contributed by atoms with E-state index in [1.807, 2.05) is 10.8 Å². The van der Waals surface area contributed by atoms with Gasteiger partial charge in [-0.05, 0) is 12.8 Å². The van der Waals surface area contributed by atoms with Crippen LogP contribution in [0.15, 0.2) is 18.7 Å². The zero-order valence-electron chi connectivity index (χ0n) is 17.9. The van der Waals surface area contributed by atoms with E-state index in [4.69, 9.17) is 5.11 Å². The second-order valence-electron chi connectivity index (χ2n) is 7.92. The Morgan fingerprint density at radius 2 is 1.15 bits per heavy atom. The van der Waals surface area contributed by atoms with Crippen LogP contribution in [0.5, 0.6) is 0 Å². The van der Waals surface area contributed by atoms with Crippen molar-refractivity contribution in [3.05, 3.63) is 18.7 Å². The van der Waals surface area contributed by atoms with E-state index >= 15 is 0 Å². The molecule has 4 heteroatoms. The summed E-state index contributed by atoms with van der Waals surface area (Å²) in [4.78, 5) is 0. The highest BCUT2D eigenvalue weighted by atomic mass is 79.9. The lowest BCUT2D eigenvalue weighted by Crippen LogP contribution is -3.00. The molecule has 1 rings (SSSR count). The quantitative estimate of drug-likeness (QED) is 0.257. The minimum absolute atomic E-state index is 0. The van der Waals surface area contributed by atoms with E-state index in [9.17, 15) is 0 Å². The Morgan fingerprint density at radius 3 is 1.59 bits per heavy atom. The Balaban J connectivity index is 0.00000676. The molecule has 1 N–H and O–H groups in total. The summed E-state index contributed by atoms with van der Waals surface area (Å²) in [7, 11) is 0. The summed E-state index contributed by atoms with van der Waals surface area (Å²) >= 11 is 0. The zero-order valence-corrected chi connectivity index (χ0v) is 19.5. The van der Waals surface area contributed by atoms with Crippen LogP contribution in [0.1, 0.15) is 110 Å². The third-order valence-electron chi connectivity index (χ3n) is 5.37. The first-order valence-corrected chi connectivity index (χ1v) is 11.5. The second-order valence-corrected chi connectivity index (χ2v) is 7.92. The summed E-state index contributed by atoms with van der Waals surface area (Å²) in [5.74, 6) is 0. The van der Waals surface area contributed by atoms with Gasteiger partial charge in [-0.3, -0.25) is 0 Å². The van der Waals surface area contributed by atoms with Crippen LogP contribution in [0.25, 0.3) is 0 Å². The van der Waals surface area contributed by atoms with Crippen molar-refractivity contribution in [2.24, 2.45) is 0 Å². The number of aliphatic hydroxyl groups excluding tert-OH is 1. The van der Waals surface area contributed by atoms with Gasteiger partial charge in [0.25, 0.3) is 0 Å². The maximum atomic E-state index is 8.92. The first-order valence-electron chi connectivity index (χ1n) is 11.5. The molecule has 0 radical (unpaired) electrons. The Morgan fingerprint density at radius 1 is 0.704 bits per heavy atom. The smallest absolute Gasteiger partial charge is 0.243 e. The largest absolute Gasteiger partial charge is 1.00 e. The topological polar surface area (TPSA) is 29.0 Å². The molecule has 0 saturated heterocycles. The summed E-state index contributed by atoms with van der Waals surface area (Å²) in [6.45, 7) is 4.31. The second kappa shape index (κ2) is 20.4. The highest BCUT2D eigenvalue weighted by Crippen LogP contribution is 2.13. The van der Waals surface area contributed by atoms with Gasteiger partial charge in [0.2, 0.25) is 6.33 Å². The summed E-state index contributed by atoms with van der Waals surface area (Å²) in [6, 6.07) is 0. The molecule has 0 aromatic carbocycles. The number of hydrogen-bond donors (Lipinski definition) is 1. The molecular formula is C23H45BrN2O. The molecule has 0 aliphatic heterocycles. The van der Waals surface area contributed by atoms with E-state index in [-0.39, 0.29) is 23.6 Å². The van der Waals surface area contributed by atoms with Gasteiger partial charge in [0.05, 0.1) is 13.2 Å². The Bertz CT molecular complexity index is 409. The Hall–Kier alpha value is -0.350. The van der Waals surface area contributed by atoms with Crippen molar-refractivity contribution in [1.82, 2.24) is 4.57 Å². The molecule has 0 aliphatic rings. The molecule has 1 aromatic heterocycles. The zero-order chi connectivity index (χ0) is 18.7. The minimum Gasteiger partial charge on any atom is -1.00 e. The van der Waals surface area contributed by atoms with Crippen LogP contribution in [0, 0.1) is 0 Å². The lowest BCUT2D eigenvalue weighted by Gasteiger charge is -2.03. The normalized spacial score (nSPS) is 10.9. The van der Waals surface area contributed by atoms with Crippen molar-refractivity contribution in [1.29, 1.82) is 0 Å². The molecule has 0 atom stereocenters. The number of halogens is 1. The maximum absolute atomic E-state index is 8.92. The van der Waals surface area contributed by atoms with Crippen LogP contribution in [0.2, 0.25) is 0 Å². The van der Waals surface area contributed by atoms with Crippen molar-refractivity contribution in [2.75, 3.05) is 6.61 Å². The van der Waals surface area contributed by atoms with E-state index in [2.05, 4.69) is 24.0 Å². The van der Waals surface area contributed by atoms with Crippen molar-refractivity contribution < 1.29 is 26.7 Å². The van der Waals surface area contributed by atoms with Gasteiger partial charge in [-0.2, -0.15) is 0 Å². The van der Waals surface area contributed by atoms with Gasteiger partial charge < -0.3 is 22.1 Å². The number of hydrogen-bond acceptors (Lipinski definition) is 1. The molecule has 160 valence electrons. The number of aromatic nitrogens is 2. The molecular weight excluding hydrogens is 400 g/mol. The fourth-order valence-corrected chi connectivity index (χ4v) is 3.66. The van der Waals surface area contributed by atoms with Gasteiger partial charge in [0, 0.05) is 0 Å². The van der Waals surface area contributed by atoms with Crippen LogP contribution in [0.3, 0.4) is 0 Å². The van der Waals surface area contributed by atoms with Gasteiger partial charge in [-0.25, -0.2) is 9.13 Å². The fraction of sp³-hybridized carbons (Fsp3) is 0.870. The van der Waals surface area contributed by atoms with Gasteiger partial charge in [-0.1, -0.05) is 96.8 Å². The monoisotopic (exact) mass is 444 g/mol. The fourth-order valence-electron chi connectivity index (χ4n) is 3.66. The SMILES string of the molecule is CCCCCCCCCCCCCCCCCC[n+]1ccn(CCO)c1.[Br-]. The number of nitrogens with zero attached hydrogens (tertiary/aromatic N) is 2. The van der Waals surface area contributed by atoms with E-state index in [1.165, 1.54) is 103 Å². The third kappa shape index (κ3) is 16.3. The van der Waals surface area contributed by atoms with E-state index < -0.39 is 0 Å². The van der Waals surface area contributed by atoms with Crippen LogP contribution >= 0.6 is 0 Å². The minimum atomic E-state index is 0. The number of imidazole rings is 1. The van der Waals surface area contributed by atoms with Crippen molar-refractivity contribution in [3.63, 3.8) is 0 Å². The number of aryl methyl sites for hydroxylation is 1. The van der Waals surface area contributed by atoms with Crippen LogP contribution in [-0.4, -0.2) is 16.3 Å². The van der Waals surface area contributed by atoms with Gasteiger partial charge in [0.15, 0.2) is 0 Å². The van der Waals surface area contributed by atoms with Crippen molar-refractivity contribution in [2.45, 2.75) is 123 Å². The summed E-state index contributed by atoms with van der Waals surface area (Å²) in [6.07, 6.45) is 29.0.